The van der Waals surface area contributed by atoms with Crippen LogP contribution >= 0.6 is 11.6 Å². The lowest BCUT2D eigenvalue weighted by molar-refractivity contribution is -0.166. The summed E-state index contributed by atoms with van der Waals surface area (Å²) in [7, 11) is 0. The first-order valence-corrected chi connectivity index (χ1v) is 16.4. The highest BCUT2D eigenvalue weighted by Crippen LogP contribution is 2.47. The number of halogens is 1. The van der Waals surface area contributed by atoms with Crippen molar-refractivity contribution in [3.8, 4) is 5.75 Å². The molecular formula is C36H43ClN2O6. The molecule has 8 nitrogen and oxygen atoms in total. The Labute approximate surface area is 269 Å². The second-order valence-corrected chi connectivity index (χ2v) is 13.8. The van der Waals surface area contributed by atoms with E-state index in [-0.39, 0.29) is 28.9 Å². The van der Waals surface area contributed by atoms with E-state index in [1.54, 1.807) is 35.3 Å². The molecule has 1 saturated carbocycles. The number of nitrogens with zero attached hydrogens (tertiary/aromatic N) is 2. The summed E-state index contributed by atoms with van der Waals surface area (Å²) >= 11 is 6.39. The molecule has 6 rings (SSSR count). The number of likely N-dealkylation sites (tertiary alicyclic amines) is 1. The number of carboxylic acids is 1. The molecule has 1 amide bonds. The first-order chi connectivity index (χ1) is 21.6. The highest BCUT2D eigenvalue weighted by atomic mass is 35.5. The van der Waals surface area contributed by atoms with E-state index < -0.39 is 30.0 Å². The van der Waals surface area contributed by atoms with Gasteiger partial charge in [-0.15, -0.1) is 13.2 Å². The molecule has 240 valence electrons. The molecule has 0 bridgehead atoms. The van der Waals surface area contributed by atoms with Crippen molar-refractivity contribution in [3.05, 3.63) is 83.4 Å². The molecule has 3 N–H and O–H groups in total. The number of hydrogen-bond donors (Lipinski definition) is 3. The summed E-state index contributed by atoms with van der Waals surface area (Å²) < 4.78 is 6.55. The van der Waals surface area contributed by atoms with E-state index in [1.165, 1.54) is 11.1 Å². The maximum atomic E-state index is 13.3. The van der Waals surface area contributed by atoms with Gasteiger partial charge in [0.2, 0.25) is 5.91 Å². The molecule has 2 heterocycles. The van der Waals surface area contributed by atoms with Crippen molar-refractivity contribution in [2.45, 2.75) is 74.5 Å². The molecular weight excluding hydrogens is 592 g/mol. The third-order valence-corrected chi connectivity index (χ3v) is 11.0. The molecule has 6 atom stereocenters. The van der Waals surface area contributed by atoms with Crippen LogP contribution < -0.4 is 9.64 Å². The summed E-state index contributed by atoms with van der Waals surface area (Å²) in [6.45, 7) is 9.77. The average molecular weight is 635 g/mol. The molecule has 9 heteroatoms. The fourth-order valence-corrected chi connectivity index (χ4v) is 8.12. The average Bonchev–Trinajstić information content (AvgIpc) is 3.14. The Bertz CT molecular complexity index is 1500. The number of carbonyl (C=O) groups excluding carboxylic acids is 1. The number of amides is 1. The van der Waals surface area contributed by atoms with Gasteiger partial charge < -0.3 is 29.9 Å². The summed E-state index contributed by atoms with van der Waals surface area (Å²) in [6.07, 6.45) is 8.34. The molecule has 2 aromatic rings. The van der Waals surface area contributed by atoms with Gasteiger partial charge in [-0.05, 0) is 97.7 Å². The molecule has 2 fully saturated rings. The highest BCUT2D eigenvalue weighted by Gasteiger charge is 2.47. The summed E-state index contributed by atoms with van der Waals surface area (Å²) in [5.41, 5.74) is 0.507. The minimum Gasteiger partial charge on any atom is -0.490 e. The van der Waals surface area contributed by atoms with Crippen molar-refractivity contribution in [2.24, 2.45) is 11.8 Å². The Morgan fingerprint density at radius 2 is 2.00 bits per heavy atom. The van der Waals surface area contributed by atoms with Gasteiger partial charge in [-0.25, -0.2) is 4.79 Å². The van der Waals surface area contributed by atoms with Crippen molar-refractivity contribution in [3.63, 3.8) is 0 Å². The quantitative estimate of drug-likeness (QED) is 0.307. The Balaban J connectivity index is 1.37. The van der Waals surface area contributed by atoms with E-state index in [0.29, 0.717) is 49.1 Å². The monoisotopic (exact) mass is 634 g/mol. The number of aryl methyl sites for hydroxylation is 1. The molecule has 45 heavy (non-hydrogen) atoms. The van der Waals surface area contributed by atoms with Crippen molar-refractivity contribution < 1.29 is 29.6 Å². The fourth-order valence-electron chi connectivity index (χ4n) is 7.93. The van der Waals surface area contributed by atoms with Crippen LogP contribution in [0.25, 0.3) is 0 Å². The molecule has 2 aromatic carbocycles. The largest absolute Gasteiger partial charge is 0.490 e. The van der Waals surface area contributed by atoms with Gasteiger partial charge in [0, 0.05) is 36.1 Å². The van der Waals surface area contributed by atoms with Crippen LogP contribution in [0.1, 0.15) is 61.6 Å². The molecule has 2 aliphatic heterocycles. The smallest absolute Gasteiger partial charge is 0.340 e. The van der Waals surface area contributed by atoms with Gasteiger partial charge in [0.05, 0.1) is 24.8 Å². The molecule has 1 saturated heterocycles. The minimum absolute atomic E-state index is 0.0187. The van der Waals surface area contributed by atoms with E-state index in [4.69, 9.17) is 16.3 Å². The first kappa shape index (κ1) is 31.6. The van der Waals surface area contributed by atoms with Gasteiger partial charge in [-0.3, -0.25) is 4.79 Å². The number of aliphatic hydroxyl groups excluding tert-OH is 1. The van der Waals surface area contributed by atoms with Crippen LogP contribution in [0.4, 0.5) is 5.69 Å². The lowest BCUT2D eigenvalue weighted by Gasteiger charge is -2.45. The van der Waals surface area contributed by atoms with E-state index in [1.807, 2.05) is 12.1 Å². The second-order valence-electron chi connectivity index (χ2n) is 13.4. The zero-order chi connectivity index (χ0) is 31.9. The van der Waals surface area contributed by atoms with Crippen molar-refractivity contribution in [1.82, 2.24) is 4.90 Å². The normalized spacial score (nSPS) is 27.4. The summed E-state index contributed by atoms with van der Waals surface area (Å²) in [4.78, 5) is 29.8. The summed E-state index contributed by atoms with van der Waals surface area (Å²) in [5, 5.41) is 33.3. The Kier molecular flexibility index (Phi) is 8.76. The number of anilines is 1. The van der Waals surface area contributed by atoms with E-state index >= 15 is 0 Å². The minimum atomic E-state index is -2.41. The van der Waals surface area contributed by atoms with Crippen molar-refractivity contribution >= 4 is 29.2 Å². The molecule has 4 aliphatic rings. The van der Waals surface area contributed by atoms with Gasteiger partial charge >= 0.3 is 5.97 Å². The second kappa shape index (κ2) is 12.5. The number of carbonyl (C=O) groups is 2. The topological polar surface area (TPSA) is 111 Å². The SMILES string of the molecule is C=CC[C@H]1CCN1C(=O)CC(O)(C(=O)O)c1ccc2c(c1)N(C[C@@H]1CC[C@H]1C(O)C=C)C[C@@]1(CCCc3cc(Cl)ccc31)CO2. The van der Waals surface area contributed by atoms with Crippen LogP contribution in [0.5, 0.6) is 5.75 Å². The molecule has 0 radical (unpaired) electrons. The van der Waals surface area contributed by atoms with Crippen molar-refractivity contribution in [2.75, 3.05) is 31.1 Å². The number of rotatable bonds is 10. The third kappa shape index (κ3) is 5.77. The number of fused-ring (bicyclic) bond motifs is 3. The standard InChI is InChI=1S/C36H43ClN2O6/c1-3-6-27-14-16-39(27)33(41)19-36(44,34(42)43)25-9-13-32-30(18-25)38(20-24-8-11-28(24)31(40)4-2)21-35(22-45-32)15-5-7-23-17-26(37)10-12-29(23)35/h3-4,9-10,12-13,17-18,24,27-28,31,40,44H,1-2,5-8,11,14-16,19-22H2,(H,42,43)/t24-,27-,28+,31?,35-,36?/m0/s1. The van der Waals surface area contributed by atoms with Crippen LogP contribution in [0, 0.1) is 11.8 Å². The molecule has 2 aliphatic carbocycles. The predicted molar refractivity (Wildman–Crippen MR) is 174 cm³/mol. The van der Waals surface area contributed by atoms with E-state index in [0.717, 1.165) is 38.5 Å². The summed E-state index contributed by atoms with van der Waals surface area (Å²) in [5.74, 6) is -0.982. The zero-order valence-corrected chi connectivity index (χ0v) is 26.4. The predicted octanol–water partition coefficient (Wildman–Crippen LogP) is 5.23. The van der Waals surface area contributed by atoms with Gasteiger partial charge in [-0.2, -0.15) is 0 Å². The Morgan fingerprint density at radius 1 is 1.18 bits per heavy atom. The maximum Gasteiger partial charge on any atom is 0.340 e. The Hall–Kier alpha value is -3.33. The van der Waals surface area contributed by atoms with Gasteiger partial charge in [0.1, 0.15) is 5.75 Å². The van der Waals surface area contributed by atoms with E-state index in [9.17, 15) is 24.9 Å². The number of aliphatic hydroxyl groups is 2. The third-order valence-electron chi connectivity index (χ3n) is 10.8. The van der Waals surface area contributed by atoms with Crippen LogP contribution in [0.2, 0.25) is 5.02 Å². The lowest BCUT2D eigenvalue weighted by Crippen LogP contribution is -2.53. The maximum absolute atomic E-state index is 13.3. The van der Waals surface area contributed by atoms with Gasteiger partial charge in [0.15, 0.2) is 5.60 Å². The summed E-state index contributed by atoms with van der Waals surface area (Å²) in [6, 6.07) is 11.0. The first-order valence-electron chi connectivity index (χ1n) is 16.1. The zero-order valence-electron chi connectivity index (χ0n) is 25.7. The van der Waals surface area contributed by atoms with Crippen LogP contribution in [0.15, 0.2) is 61.7 Å². The van der Waals surface area contributed by atoms with Gasteiger partial charge in [-0.1, -0.05) is 35.9 Å². The van der Waals surface area contributed by atoms with Crippen LogP contribution in [-0.4, -0.2) is 70.5 Å². The number of aliphatic carboxylic acids is 1. The molecule has 2 unspecified atom stereocenters. The molecule has 0 aromatic heterocycles. The number of hydrogen-bond acceptors (Lipinski definition) is 6. The highest BCUT2D eigenvalue weighted by molar-refractivity contribution is 6.30. The number of benzene rings is 2. The number of carboxylic acid groups (broad SMARTS) is 1. The van der Waals surface area contributed by atoms with Crippen LogP contribution in [0.3, 0.4) is 0 Å². The molecule has 1 spiro atoms. The van der Waals surface area contributed by atoms with Crippen molar-refractivity contribution in [1.29, 1.82) is 0 Å². The van der Waals surface area contributed by atoms with Crippen LogP contribution in [-0.2, 0) is 27.0 Å². The lowest BCUT2D eigenvalue weighted by atomic mass is 9.68. The fraction of sp³-hybridized carbons (Fsp3) is 0.500. The number of ether oxygens (including phenoxy) is 1. The van der Waals surface area contributed by atoms with Gasteiger partial charge in [0.25, 0.3) is 0 Å². The van der Waals surface area contributed by atoms with E-state index in [2.05, 4.69) is 24.1 Å². The Morgan fingerprint density at radius 3 is 2.67 bits per heavy atom.